The van der Waals surface area contributed by atoms with Crippen LogP contribution in [0, 0.1) is 41.4 Å². The second-order valence-electron chi connectivity index (χ2n) is 29.4. The summed E-state index contributed by atoms with van der Waals surface area (Å²) in [4.78, 5) is 171. The fraction of sp³-hybridized carbons (Fsp3) is 0.838. The van der Waals surface area contributed by atoms with Gasteiger partial charge in [0.15, 0.2) is 0 Å². The quantitative estimate of drug-likeness (QED) is 0.142. The number of hydrogen-bond acceptors (Lipinski definition) is 11. The van der Waals surface area contributed by atoms with Crippen LogP contribution in [0.4, 0.5) is 13.2 Å². The molecule has 534 valence electrons. The molecule has 3 unspecified atom stereocenters. The van der Waals surface area contributed by atoms with Gasteiger partial charge in [-0.25, -0.2) is 0 Å². The van der Waals surface area contributed by atoms with E-state index in [0.717, 1.165) is 32.1 Å². The van der Waals surface area contributed by atoms with Crippen LogP contribution in [0.25, 0.3) is 0 Å². The van der Waals surface area contributed by atoms with Crippen molar-refractivity contribution in [3.63, 3.8) is 0 Å². The summed E-state index contributed by atoms with van der Waals surface area (Å²) >= 11 is 6.38. The zero-order valence-electron chi connectivity index (χ0n) is 58.7. The minimum absolute atomic E-state index is 0.0143. The molecule has 2 saturated heterocycles. The maximum absolute atomic E-state index is 15.1. The predicted molar refractivity (Wildman–Crippen MR) is 352 cm³/mol. The standard InChI is InChI=1S/C68H113ClF3N11O11/c1-15-44(8)58-65(93)78(11)39-57(87)82(33-29-41(2)3)40-56(86)80(13)53(37-46-22-17-16-18-23-46)64(92)77(10)38-54(84)74-50(28-26-47-25-27-48(49(69)36-47)68(70,71)72)63(91)83-32-21-24-51(83)61(89)76-67(30-19-20-31-67)66(94)81(14)59(43(6)7)62(90)73-45(9)35-55(85)79(12)52(34-42(4)5)60(88)75-58/h41-53,58-59H,15-40H2,1-14H3,(H,73,90)(H,74,84)(H,75,88)(H,76,89)/t44-,45+,47?,48?,49?,50-,51-,52-,53-,58-,59-/m0/s1. The van der Waals surface area contributed by atoms with Crippen molar-refractivity contribution in [1.82, 2.24) is 55.6 Å². The van der Waals surface area contributed by atoms with E-state index in [1.54, 1.807) is 27.7 Å². The summed E-state index contributed by atoms with van der Waals surface area (Å²) in [6, 6.07) is -7.60. The molecule has 5 fully saturated rings. The Bertz CT molecular complexity index is 2640. The lowest BCUT2D eigenvalue weighted by Gasteiger charge is -2.39. The van der Waals surface area contributed by atoms with E-state index in [-0.39, 0.29) is 107 Å². The Hall–Kier alpha value is -5.75. The molecule has 3 aliphatic carbocycles. The highest BCUT2D eigenvalue weighted by Gasteiger charge is 2.51. The first-order valence-corrected chi connectivity index (χ1v) is 35.2. The molecule has 26 heteroatoms. The van der Waals surface area contributed by atoms with Crippen molar-refractivity contribution < 1.29 is 65.9 Å². The second-order valence-corrected chi connectivity index (χ2v) is 30.0. The Balaban J connectivity index is 1.56. The molecular weight excluding hydrogens is 1240 g/mol. The van der Waals surface area contributed by atoms with Crippen LogP contribution in [-0.4, -0.2) is 227 Å². The largest absolute Gasteiger partial charge is 0.393 e. The molecule has 0 aromatic heterocycles. The fourth-order valence-corrected chi connectivity index (χ4v) is 15.1. The normalized spacial score (nSPS) is 29.2. The molecule has 94 heavy (non-hydrogen) atoms. The van der Waals surface area contributed by atoms with Gasteiger partial charge in [0.1, 0.15) is 41.8 Å². The van der Waals surface area contributed by atoms with E-state index in [9.17, 15) is 56.3 Å². The first kappa shape index (κ1) is 78.9. The SMILES string of the molecule is CC[C@H](C)[C@@H]1NC(=O)[C@H](CC(C)C)N(C)C(=O)C[C@@H](C)NC(=O)[C@H](C(C)C)N(C)C(=O)C2(CCCC2)NC(=O)[C@@H]2CCCN2C(=O)[C@H](CCC2CCC(C(F)(F)F)C(Cl)C2)NC(=O)CN(C)C(=O)[C@H](CC2CCCCC2)N(C)C(=O)CN(CCC(C)C)C(=O)CN(C)C1=O. The average Bonchev–Trinajstić information content (AvgIpc) is 1.54. The van der Waals surface area contributed by atoms with E-state index in [4.69, 9.17) is 11.6 Å². The molecule has 4 N–H and O–H groups in total. The summed E-state index contributed by atoms with van der Waals surface area (Å²) < 4.78 is 41.8. The highest BCUT2D eigenvalue weighted by Crippen LogP contribution is 2.44. The third-order valence-corrected chi connectivity index (χ3v) is 21.1. The molecule has 2 heterocycles. The van der Waals surface area contributed by atoms with Gasteiger partial charge in [-0.3, -0.25) is 52.7 Å². The van der Waals surface area contributed by atoms with Gasteiger partial charge >= 0.3 is 6.18 Å². The number of halogens is 4. The van der Waals surface area contributed by atoms with Crippen molar-refractivity contribution in [2.24, 2.45) is 41.4 Å². The van der Waals surface area contributed by atoms with Crippen molar-refractivity contribution in [2.75, 3.05) is 68.0 Å². The summed E-state index contributed by atoms with van der Waals surface area (Å²) in [7, 11) is 7.33. The van der Waals surface area contributed by atoms with Gasteiger partial charge in [-0.15, -0.1) is 11.6 Å². The number of fused-ring (bicyclic) bond motifs is 1. The Morgan fingerprint density at radius 1 is 0.617 bits per heavy atom. The number of amides is 11. The van der Waals surface area contributed by atoms with Crippen LogP contribution >= 0.6 is 11.6 Å². The van der Waals surface area contributed by atoms with Crippen molar-refractivity contribution in [3.8, 4) is 0 Å². The lowest BCUT2D eigenvalue weighted by Crippen LogP contribution is -2.64. The number of alkyl halides is 4. The lowest BCUT2D eigenvalue weighted by molar-refractivity contribution is -0.182. The molecule has 22 nitrogen and oxygen atoms in total. The van der Waals surface area contributed by atoms with Crippen molar-refractivity contribution in [3.05, 3.63) is 0 Å². The number of carbonyl (C=O) groups is 11. The predicted octanol–water partition coefficient (Wildman–Crippen LogP) is 6.64. The Labute approximate surface area is 561 Å². The summed E-state index contributed by atoms with van der Waals surface area (Å²) in [6.45, 7) is 15.3. The third kappa shape index (κ3) is 21.4. The Morgan fingerprint density at radius 3 is 1.83 bits per heavy atom. The van der Waals surface area contributed by atoms with Gasteiger partial charge in [0.25, 0.3) is 0 Å². The number of carbonyl (C=O) groups excluding carboxylic acids is 11. The molecule has 5 rings (SSSR count). The molecule has 0 radical (unpaired) electrons. The molecule has 0 aromatic carbocycles. The van der Waals surface area contributed by atoms with Gasteiger partial charge < -0.3 is 55.6 Å². The maximum atomic E-state index is 15.1. The van der Waals surface area contributed by atoms with Crippen molar-refractivity contribution in [1.29, 1.82) is 0 Å². The number of rotatable bonds is 13. The summed E-state index contributed by atoms with van der Waals surface area (Å²) in [5, 5.41) is 10.5. The van der Waals surface area contributed by atoms with Gasteiger partial charge in [0.05, 0.1) is 25.6 Å². The molecule has 0 bridgehead atoms. The number of nitrogens with one attached hydrogen (secondary N) is 4. The van der Waals surface area contributed by atoms with Crippen LogP contribution in [0.5, 0.6) is 0 Å². The number of likely N-dealkylation sites (N-methyl/N-ethyl adjacent to an activating group) is 5. The van der Waals surface area contributed by atoms with Crippen LogP contribution in [0.2, 0.25) is 0 Å². The first-order valence-electron chi connectivity index (χ1n) is 34.8. The summed E-state index contributed by atoms with van der Waals surface area (Å²) in [5.41, 5.74) is -1.48. The van der Waals surface area contributed by atoms with E-state index in [0.29, 0.717) is 32.1 Å². The molecule has 5 aliphatic rings. The minimum Gasteiger partial charge on any atom is -0.351 e. The van der Waals surface area contributed by atoms with Gasteiger partial charge in [-0.05, 0) is 119 Å². The van der Waals surface area contributed by atoms with E-state index >= 15 is 9.59 Å². The van der Waals surface area contributed by atoms with Crippen LogP contribution in [-0.2, 0) is 52.7 Å². The minimum atomic E-state index is -4.49. The molecular formula is C68H113ClF3N11O11. The smallest absolute Gasteiger partial charge is 0.351 e. The van der Waals surface area contributed by atoms with E-state index in [2.05, 4.69) is 21.3 Å². The maximum Gasteiger partial charge on any atom is 0.393 e. The van der Waals surface area contributed by atoms with Crippen LogP contribution in [0.15, 0.2) is 0 Å². The second kappa shape index (κ2) is 35.5. The molecule has 3 saturated carbocycles. The van der Waals surface area contributed by atoms with Gasteiger partial charge in [-0.1, -0.05) is 107 Å². The zero-order chi connectivity index (χ0) is 70.3. The third-order valence-electron chi connectivity index (χ3n) is 20.6. The zero-order valence-corrected chi connectivity index (χ0v) is 59.4. The molecule has 11 atom stereocenters. The molecule has 1 spiro atoms. The molecule has 11 amide bonds. The van der Waals surface area contributed by atoms with Crippen LogP contribution in [0.1, 0.15) is 197 Å². The Morgan fingerprint density at radius 2 is 1.24 bits per heavy atom. The van der Waals surface area contributed by atoms with Gasteiger partial charge in [0.2, 0.25) is 65.0 Å². The monoisotopic (exact) mass is 1350 g/mol. The Kier molecular flexibility index (Phi) is 29.8. The van der Waals surface area contributed by atoms with Crippen LogP contribution < -0.4 is 21.3 Å². The van der Waals surface area contributed by atoms with Gasteiger partial charge in [-0.2, -0.15) is 13.2 Å². The number of hydrogen-bond donors (Lipinski definition) is 4. The average molecular weight is 1350 g/mol. The van der Waals surface area contributed by atoms with E-state index < -0.39 is 162 Å². The van der Waals surface area contributed by atoms with Gasteiger partial charge in [0, 0.05) is 66.2 Å². The fourth-order valence-electron chi connectivity index (χ4n) is 14.6. The van der Waals surface area contributed by atoms with Crippen molar-refractivity contribution in [2.45, 2.75) is 257 Å². The summed E-state index contributed by atoms with van der Waals surface area (Å²) in [5.74, 6) is -9.36. The topological polar surface area (TPSA) is 259 Å². The van der Waals surface area contributed by atoms with E-state index in [1.165, 1.54) is 69.5 Å². The molecule has 0 aromatic rings. The summed E-state index contributed by atoms with van der Waals surface area (Å²) in [6.07, 6.45) is 3.38. The van der Waals surface area contributed by atoms with Crippen molar-refractivity contribution >= 4 is 76.6 Å². The highest BCUT2D eigenvalue weighted by atomic mass is 35.5. The van der Waals surface area contributed by atoms with E-state index in [1.807, 2.05) is 34.6 Å². The van der Waals surface area contributed by atoms with Crippen LogP contribution in [0.3, 0.4) is 0 Å². The lowest BCUT2D eigenvalue weighted by atomic mass is 9.78. The first-order chi connectivity index (χ1) is 44.0. The molecule has 2 aliphatic heterocycles. The number of nitrogens with zero attached hydrogens (tertiary/aromatic N) is 7. The highest BCUT2D eigenvalue weighted by molar-refractivity contribution is 6.20.